The third kappa shape index (κ3) is 1.44. The van der Waals surface area contributed by atoms with E-state index in [1.165, 1.54) is 18.4 Å². The maximum atomic E-state index is 10.0. The molecule has 0 amide bonds. The molecule has 3 aliphatic rings. The molecule has 1 heteroatoms. The molecule has 1 aromatic carbocycles. The van der Waals surface area contributed by atoms with Crippen LogP contribution in [0.25, 0.3) is 0 Å². The summed E-state index contributed by atoms with van der Waals surface area (Å²) in [5.74, 6) is 3.44. The standard InChI is InChI=1S/C16H22O/c1-10-13(12-6-4-5-7-15(12)17)8-11-9-14(10)16(11,2)3/h4-7,10-11,13-14,17H,8-9H2,1-3H3. The fourth-order valence-corrected chi connectivity index (χ4v) is 4.36. The highest BCUT2D eigenvalue weighted by Crippen LogP contribution is 2.65. The summed E-state index contributed by atoms with van der Waals surface area (Å²) in [6.07, 6.45) is 2.65. The van der Waals surface area contributed by atoms with Gasteiger partial charge in [-0.3, -0.25) is 0 Å². The third-order valence-corrected chi connectivity index (χ3v) is 5.69. The average molecular weight is 230 g/mol. The second-order valence-electron chi connectivity index (χ2n) is 6.62. The van der Waals surface area contributed by atoms with Crippen molar-refractivity contribution in [3.05, 3.63) is 29.8 Å². The largest absolute Gasteiger partial charge is 0.508 e. The monoisotopic (exact) mass is 230 g/mol. The Bertz CT molecular complexity index is 435. The molecule has 3 saturated carbocycles. The number of para-hydroxylation sites is 1. The van der Waals surface area contributed by atoms with E-state index in [4.69, 9.17) is 0 Å². The molecule has 4 rings (SSSR count). The summed E-state index contributed by atoms with van der Waals surface area (Å²) in [4.78, 5) is 0. The van der Waals surface area contributed by atoms with Crippen molar-refractivity contribution in [2.75, 3.05) is 0 Å². The zero-order chi connectivity index (χ0) is 12.2. The van der Waals surface area contributed by atoms with Gasteiger partial charge in [0.05, 0.1) is 0 Å². The molecule has 4 unspecified atom stereocenters. The summed E-state index contributed by atoms with van der Waals surface area (Å²) in [6, 6.07) is 7.89. The van der Waals surface area contributed by atoms with Gasteiger partial charge in [-0.05, 0) is 53.6 Å². The Labute approximate surface area is 104 Å². The highest BCUT2D eigenvalue weighted by molar-refractivity contribution is 5.36. The molecule has 4 atom stereocenters. The number of hydrogen-bond donors (Lipinski definition) is 1. The molecule has 0 heterocycles. The second-order valence-corrected chi connectivity index (χ2v) is 6.62. The van der Waals surface area contributed by atoms with Crippen molar-refractivity contribution in [2.24, 2.45) is 23.2 Å². The SMILES string of the molecule is CC1C(c2ccccc2O)CC2CC1C2(C)C. The summed E-state index contributed by atoms with van der Waals surface area (Å²) in [5, 5.41) is 10.0. The first kappa shape index (κ1) is 11.1. The van der Waals surface area contributed by atoms with E-state index in [1.807, 2.05) is 18.2 Å². The Balaban J connectivity index is 1.91. The first-order chi connectivity index (χ1) is 8.01. The van der Waals surface area contributed by atoms with Gasteiger partial charge in [0.1, 0.15) is 5.75 Å². The Hall–Kier alpha value is -0.980. The van der Waals surface area contributed by atoms with E-state index in [-0.39, 0.29) is 0 Å². The fraction of sp³-hybridized carbons (Fsp3) is 0.625. The Morgan fingerprint density at radius 2 is 1.88 bits per heavy atom. The van der Waals surface area contributed by atoms with Crippen LogP contribution in [-0.4, -0.2) is 5.11 Å². The van der Waals surface area contributed by atoms with E-state index >= 15 is 0 Å². The predicted molar refractivity (Wildman–Crippen MR) is 70.0 cm³/mol. The van der Waals surface area contributed by atoms with Gasteiger partial charge >= 0.3 is 0 Å². The molecule has 17 heavy (non-hydrogen) atoms. The molecular formula is C16H22O. The molecule has 92 valence electrons. The van der Waals surface area contributed by atoms with Crippen LogP contribution in [0.15, 0.2) is 24.3 Å². The molecule has 0 saturated heterocycles. The quantitative estimate of drug-likeness (QED) is 0.767. The molecular weight excluding hydrogens is 208 g/mol. The molecule has 3 aliphatic carbocycles. The number of aromatic hydroxyl groups is 1. The van der Waals surface area contributed by atoms with E-state index in [0.29, 0.717) is 23.0 Å². The number of fused-ring (bicyclic) bond motifs is 2. The summed E-state index contributed by atoms with van der Waals surface area (Å²) in [7, 11) is 0. The topological polar surface area (TPSA) is 20.2 Å². The minimum absolute atomic E-state index is 0.489. The lowest BCUT2D eigenvalue weighted by molar-refractivity contribution is -0.110. The van der Waals surface area contributed by atoms with Crippen molar-refractivity contribution in [2.45, 2.75) is 39.5 Å². The van der Waals surface area contributed by atoms with Gasteiger partial charge in [0, 0.05) is 0 Å². The van der Waals surface area contributed by atoms with E-state index in [2.05, 4.69) is 26.8 Å². The summed E-state index contributed by atoms with van der Waals surface area (Å²) < 4.78 is 0. The van der Waals surface area contributed by atoms with Gasteiger partial charge in [-0.2, -0.15) is 0 Å². The molecule has 0 aromatic heterocycles. The predicted octanol–water partition coefficient (Wildman–Crippen LogP) is 4.18. The lowest BCUT2D eigenvalue weighted by atomic mass is 9.43. The van der Waals surface area contributed by atoms with Crippen LogP contribution >= 0.6 is 0 Å². The Morgan fingerprint density at radius 1 is 1.18 bits per heavy atom. The van der Waals surface area contributed by atoms with Crippen molar-refractivity contribution in [3.63, 3.8) is 0 Å². The Kier molecular flexibility index (Phi) is 2.30. The molecule has 0 spiro atoms. The number of phenolic OH excluding ortho intramolecular Hbond substituents is 1. The number of rotatable bonds is 1. The average Bonchev–Trinajstić information content (AvgIpc) is 2.29. The molecule has 1 aromatic rings. The Morgan fingerprint density at radius 3 is 2.47 bits per heavy atom. The van der Waals surface area contributed by atoms with Gasteiger partial charge in [-0.25, -0.2) is 0 Å². The number of phenols is 1. The lowest BCUT2D eigenvalue weighted by Crippen LogP contribution is -2.54. The van der Waals surface area contributed by atoms with Crippen molar-refractivity contribution < 1.29 is 5.11 Å². The van der Waals surface area contributed by atoms with Crippen LogP contribution in [0.1, 0.15) is 45.1 Å². The van der Waals surface area contributed by atoms with Gasteiger partial charge in [-0.1, -0.05) is 39.0 Å². The third-order valence-electron chi connectivity index (χ3n) is 5.69. The maximum absolute atomic E-state index is 10.0. The molecule has 3 fully saturated rings. The smallest absolute Gasteiger partial charge is 0.119 e. The molecule has 2 bridgehead atoms. The van der Waals surface area contributed by atoms with Gasteiger partial charge in [0.25, 0.3) is 0 Å². The zero-order valence-corrected chi connectivity index (χ0v) is 11.0. The normalized spacial score (nSPS) is 38.5. The second kappa shape index (κ2) is 3.51. The van der Waals surface area contributed by atoms with E-state index < -0.39 is 0 Å². The van der Waals surface area contributed by atoms with Gasteiger partial charge in [0.15, 0.2) is 0 Å². The van der Waals surface area contributed by atoms with Gasteiger partial charge < -0.3 is 5.11 Å². The summed E-state index contributed by atoms with van der Waals surface area (Å²) >= 11 is 0. The van der Waals surface area contributed by atoms with Crippen LogP contribution in [0.3, 0.4) is 0 Å². The van der Waals surface area contributed by atoms with Gasteiger partial charge in [-0.15, -0.1) is 0 Å². The first-order valence-electron chi connectivity index (χ1n) is 6.79. The van der Waals surface area contributed by atoms with Crippen LogP contribution in [-0.2, 0) is 0 Å². The first-order valence-corrected chi connectivity index (χ1v) is 6.79. The van der Waals surface area contributed by atoms with Crippen LogP contribution in [0.4, 0.5) is 0 Å². The highest BCUT2D eigenvalue weighted by Gasteiger charge is 2.56. The van der Waals surface area contributed by atoms with Crippen LogP contribution in [0.5, 0.6) is 5.75 Å². The fourth-order valence-electron chi connectivity index (χ4n) is 4.36. The number of hydrogen-bond acceptors (Lipinski definition) is 1. The zero-order valence-electron chi connectivity index (χ0n) is 11.0. The van der Waals surface area contributed by atoms with Crippen molar-refractivity contribution in [1.82, 2.24) is 0 Å². The van der Waals surface area contributed by atoms with E-state index in [1.54, 1.807) is 0 Å². The van der Waals surface area contributed by atoms with Crippen LogP contribution in [0, 0.1) is 23.2 Å². The van der Waals surface area contributed by atoms with Crippen molar-refractivity contribution in [3.8, 4) is 5.75 Å². The molecule has 0 radical (unpaired) electrons. The molecule has 0 aliphatic heterocycles. The maximum Gasteiger partial charge on any atom is 0.119 e. The van der Waals surface area contributed by atoms with Crippen molar-refractivity contribution >= 4 is 0 Å². The lowest BCUT2D eigenvalue weighted by Gasteiger charge is -2.62. The minimum atomic E-state index is 0.489. The van der Waals surface area contributed by atoms with E-state index in [0.717, 1.165) is 11.8 Å². The van der Waals surface area contributed by atoms with Crippen LogP contribution in [0.2, 0.25) is 0 Å². The van der Waals surface area contributed by atoms with E-state index in [9.17, 15) is 5.11 Å². The molecule has 1 nitrogen and oxygen atoms in total. The van der Waals surface area contributed by atoms with Crippen molar-refractivity contribution in [1.29, 1.82) is 0 Å². The highest BCUT2D eigenvalue weighted by atomic mass is 16.3. The minimum Gasteiger partial charge on any atom is -0.508 e. The van der Waals surface area contributed by atoms with Gasteiger partial charge in [0.2, 0.25) is 0 Å². The van der Waals surface area contributed by atoms with Crippen LogP contribution < -0.4 is 0 Å². The molecule has 1 N–H and O–H groups in total. The summed E-state index contributed by atoms with van der Waals surface area (Å²) in [5.41, 5.74) is 1.70. The number of benzene rings is 1. The summed E-state index contributed by atoms with van der Waals surface area (Å²) in [6.45, 7) is 7.21.